The Bertz CT molecular complexity index is 676. The first-order valence-corrected chi connectivity index (χ1v) is 8.17. The maximum absolute atomic E-state index is 12.6. The minimum Gasteiger partial charge on any atom is -0.437 e. The van der Waals surface area contributed by atoms with Crippen LogP contribution in [0.5, 0.6) is 0 Å². The number of hydrogen-bond acceptors (Lipinski definition) is 3. The van der Waals surface area contributed by atoms with Gasteiger partial charge in [0.25, 0.3) is 0 Å². The van der Waals surface area contributed by atoms with Crippen LogP contribution in [0.1, 0.15) is 44.4 Å². The van der Waals surface area contributed by atoms with E-state index in [9.17, 15) is 4.79 Å². The molecule has 2 fully saturated rings. The smallest absolute Gasteiger partial charge is 0.247 e. The molecule has 0 atom stereocenters. The lowest BCUT2D eigenvalue weighted by molar-refractivity contribution is -0.128. The van der Waals surface area contributed by atoms with Crippen LogP contribution in [-0.4, -0.2) is 27.9 Å². The molecule has 2 aliphatic carbocycles. The Morgan fingerprint density at radius 2 is 1.86 bits per heavy atom. The topological polar surface area (TPSA) is 46.3 Å². The second kappa shape index (κ2) is 5.59. The number of carbonyl (C=O) groups excluding carboxylic acids is 1. The fourth-order valence-corrected chi connectivity index (χ4v) is 3.38. The summed E-state index contributed by atoms with van der Waals surface area (Å²) >= 11 is 0. The number of nitrogens with zero attached hydrogens (tertiary/aromatic N) is 2. The number of rotatable bonds is 4. The molecule has 22 heavy (non-hydrogen) atoms. The van der Waals surface area contributed by atoms with E-state index in [0.717, 1.165) is 36.8 Å². The molecule has 1 amide bonds. The third kappa shape index (κ3) is 2.65. The zero-order valence-electron chi connectivity index (χ0n) is 12.6. The second-order valence-electron chi connectivity index (χ2n) is 6.27. The molecule has 0 bridgehead atoms. The quantitative estimate of drug-likeness (QED) is 0.807. The van der Waals surface area contributed by atoms with E-state index in [1.54, 1.807) is 12.2 Å². The van der Waals surface area contributed by atoms with Crippen molar-refractivity contribution in [3.63, 3.8) is 0 Å². The van der Waals surface area contributed by atoms with E-state index < -0.39 is 0 Å². The van der Waals surface area contributed by atoms with Crippen LogP contribution in [0.4, 0.5) is 0 Å². The first kappa shape index (κ1) is 13.6. The zero-order chi connectivity index (χ0) is 14.9. The van der Waals surface area contributed by atoms with Crippen molar-refractivity contribution in [2.75, 3.05) is 0 Å². The van der Waals surface area contributed by atoms with Gasteiger partial charge in [-0.05, 0) is 37.8 Å². The largest absolute Gasteiger partial charge is 0.437 e. The number of amides is 1. The summed E-state index contributed by atoms with van der Waals surface area (Å²) in [7, 11) is 0. The molecule has 114 valence electrons. The molecule has 0 aliphatic heterocycles. The Labute approximate surface area is 129 Å². The van der Waals surface area contributed by atoms with Crippen LogP contribution in [0.3, 0.4) is 0 Å². The molecule has 1 heterocycles. The van der Waals surface area contributed by atoms with Gasteiger partial charge in [-0.25, -0.2) is 4.98 Å². The maximum Gasteiger partial charge on any atom is 0.247 e. The first-order valence-electron chi connectivity index (χ1n) is 8.17. The van der Waals surface area contributed by atoms with Gasteiger partial charge in [-0.2, -0.15) is 0 Å². The molecule has 1 aromatic carbocycles. The number of aromatic nitrogens is 1. The summed E-state index contributed by atoms with van der Waals surface area (Å²) in [6.45, 7) is 0. The van der Waals surface area contributed by atoms with Gasteiger partial charge in [0.2, 0.25) is 11.8 Å². The fourth-order valence-electron chi connectivity index (χ4n) is 3.38. The highest BCUT2D eigenvalue weighted by molar-refractivity contribution is 5.92. The lowest BCUT2D eigenvalue weighted by atomic mass is 10.2. The minimum atomic E-state index is 0.108. The SMILES string of the molecule is O=C(/C=C/c1nc2ccccc2o1)N(C1CCCC1)C1CC1. The average molecular weight is 296 g/mol. The van der Waals surface area contributed by atoms with Gasteiger partial charge in [0, 0.05) is 24.2 Å². The number of oxazole rings is 1. The molecule has 4 nitrogen and oxygen atoms in total. The fraction of sp³-hybridized carbons (Fsp3) is 0.444. The normalized spacial score (nSPS) is 19.3. The van der Waals surface area contributed by atoms with E-state index in [0.29, 0.717) is 18.0 Å². The van der Waals surface area contributed by atoms with Crippen molar-refractivity contribution >= 4 is 23.1 Å². The van der Waals surface area contributed by atoms with Crippen molar-refractivity contribution in [2.45, 2.75) is 50.6 Å². The minimum absolute atomic E-state index is 0.108. The molecule has 4 heteroatoms. The number of hydrogen-bond donors (Lipinski definition) is 0. The van der Waals surface area contributed by atoms with Crippen molar-refractivity contribution < 1.29 is 9.21 Å². The number of para-hydroxylation sites is 2. The van der Waals surface area contributed by atoms with Crippen LogP contribution in [-0.2, 0) is 4.79 Å². The van der Waals surface area contributed by atoms with Crippen molar-refractivity contribution in [3.05, 3.63) is 36.2 Å². The molecule has 0 radical (unpaired) electrons. The van der Waals surface area contributed by atoms with Crippen LogP contribution in [0.25, 0.3) is 17.2 Å². The lowest BCUT2D eigenvalue weighted by Gasteiger charge is -2.27. The molecule has 0 spiro atoms. The summed E-state index contributed by atoms with van der Waals surface area (Å²) in [6, 6.07) is 8.54. The third-order valence-corrected chi connectivity index (χ3v) is 4.59. The summed E-state index contributed by atoms with van der Waals surface area (Å²) in [5.41, 5.74) is 1.58. The van der Waals surface area contributed by atoms with E-state index in [-0.39, 0.29) is 5.91 Å². The van der Waals surface area contributed by atoms with Gasteiger partial charge in [0.15, 0.2) is 5.58 Å². The molecule has 2 aromatic rings. The highest BCUT2D eigenvalue weighted by Gasteiger charge is 2.37. The first-order chi connectivity index (χ1) is 10.8. The third-order valence-electron chi connectivity index (χ3n) is 4.59. The molecule has 2 saturated carbocycles. The highest BCUT2D eigenvalue weighted by Crippen LogP contribution is 2.34. The van der Waals surface area contributed by atoms with E-state index in [1.807, 2.05) is 24.3 Å². The lowest BCUT2D eigenvalue weighted by Crippen LogP contribution is -2.39. The van der Waals surface area contributed by atoms with Crippen LogP contribution < -0.4 is 0 Å². The average Bonchev–Trinajstić information content (AvgIpc) is 3.05. The molecule has 1 aromatic heterocycles. The molecular weight excluding hydrogens is 276 g/mol. The van der Waals surface area contributed by atoms with Gasteiger partial charge >= 0.3 is 0 Å². The van der Waals surface area contributed by atoms with Gasteiger partial charge in [-0.3, -0.25) is 4.79 Å². The molecule has 0 saturated heterocycles. The summed E-state index contributed by atoms with van der Waals surface area (Å²) in [4.78, 5) is 19.1. The van der Waals surface area contributed by atoms with Crippen LogP contribution >= 0.6 is 0 Å². The van der Waals surface area contributed by atoms with Crippen molar-refractivity contribution in [2.24, 2.45) is 0 Å². The van der Waals surface area contributed by atoms with Crippen molar-refractivity contribution in [3.8, 4) is 0 Å². The summed E-state index contributed by atoms with van der Waals surface area (Å²) in [5, 5.41) is 0. The van der Waals surface area contributed by atoms with Crippen molar-refractivity contribution in [1.29, 1.82) is 0 Å². The molecule has 4 rings (SSSR count). The van der Waals surface area contributed by atoms with Gasteiger partial charge in [0.05, 0.1) is 0 Å². The summed E-state index contributed by atoms with van der Waals surface area (Å²) < 4.78 is 5.63. The van der Waals surface area contributed by atoms with Gasteiger partial charge in [-0.15, -0.1) is 0 Å². The van der Waals surface area contributed by atoms with Crippen LogP contribution in [0.2, 0.25) is 0 Å². The maximum atomic E-state index is 12.6. The van der Waals surface area contributed by atoms with Gasteiger partial charge < -0.3 is 9.32 Å². The van der Waals surface area contributed by atoms with E-state index in [4.69, 9.17) is 4.42 Å². The highest BCUT2D eigenvalue weighted by atomic mass is 16.3. The van der Waals surface area contributed by atoms with E-state index >= 15 is 0 Å². The Morgan fingerprint density at radius 3 is 2.59 bits per heavy atom. The van der Waals surface area contributed by atoms with Crippen LogP contribution in [0.15, 0.2) is 34.8 Å². The Kier molecular flexibility index (Phi) is 3.45. The Balaban J connectivity index is 1.51. The van der Waals surface area contributed by atoms with Crippen molar-refractivity contribution in [1.82, 2.24) is 9.88 Å². The van der Waals surface area contributed by atoms with E-state index in [1.165, 1.54) is 12.8 Å². The van der Waals surface area contributed by atoms with Crippen LogP contribution in [0, 0.1) is 0 Å². The standard InChI is InChI=1S/C18H20N2O2/c21-18(20(14-9-10-14)13-5-1-2-6-13)12-11-17-19-15-7-3-4-8-16(15)22-17/h3-4,7-8,11-14H,1-2,5-6,9-10H2/b12-11+. The molecule has 0 N–H and O–H groups in total. The van der Waals surface area contributed by atoms with E-state index in [2.05, 4.69) is 9.88 Å². The number of fused-ring (bicyclic) bond motifs is 1. The second-order valence-corrected chi connectivity index (χ2v) is 6.27. The Morgan fingerprint density at radius 1 is 1.14 bits per heavy atom. The molecular formula is C18H20N2O2. The molecule has 0 unspecified atom stereocenters. The Hall–Kier alpha value is -2.10. The van der Waals surface area contributed by atoms with Gasteiger partial charge in [0.1, 0.15) is 5.52 Å². The zero-order valence-corrected chi connectivity index (χ0v) is 12.6. The van der Waals surface area contributed by atoms with Gasteiger partial charge in [-0.1, -0.05) is 25.0 Å². The number of carbonyl (C=O) groups is 1. The summed E-state index contributed by atoms with van der Waals surface area (Å²) in [6.07, 6.45) is 10.4. The predicted molar refractivity (Wildman–Crippen MR) is 85.2 cm³/mol. The molecule has 2 aliphatic rings. The monoisotopic (exact) mass is 296 g/mol. The number of benzene rings is 1. The predicted octanol–water partition coefficient (Wildman–Crippen LogP) is 3.77. The summed E-state index contributed by atoms with van der Waals surface area (Å²) in [5.74, 6) is 0.605.